The summed E-state index contributed by atoms with van der Waals surface area (Å²) < 4.78 is 5.24. The van der Waals surface area contributed by atoms with E-state index in [9.17, 15) is 19.7 Å². The molecule has 154 valence electrons. The molecule has 0 aromatic heterocycles. The third kappa shape index (κ3) is 2.62. The van der Waals surface area contributed by atoms with Crippen LogP contribution in [0.15, 0.2) is 48.5 Å². The van der Waals surface area contributed by atoms with Crippen molar-refractivity contribution in [3.63, 3.8) is 0 Å². The number of hydrazine groups is 1. The molecule has 0 spiro atoms. The van der Waals surface area contributed by atoms with Crippen LogP contribution in [-0.2, 0) is 9.59 Å². The predicted octanol–water partition coefficient (Wildman–Crippen LogP) is 2.14. The lowest BCUT2D eigenvalue weighted by molar-refractivity contribution is -0.384. The normalized spacial score (nSPS) is 26.2. The van der Waals surface area contributed by atoms with E-state index in [2.05, 4.69) is 5.01 Å². The van der Waals surface area contributed by atoms with Crippen molar-refractivity contribution >= 4 is 23.2 Å². The van der Waals surface area contributed by atoms with E-state index in [0.717, 1.165) is 30.8 Å². The molecule has 5 rings (SSSR count). The molecule has 0 unspecified atom stereocenters. The number of amides is 2. The molecule has 3 fully saturated rings. The number of fused-ring (bicyclic) bond motifs is 3. The smallest absolute Gasteiger partial charge is 0.269 e. The number of methoxy groups -OCH3 is 1. The van der Waals surface area contributed by atoms with Crippen LogP contribution in [0.25, 0.3) is 0 Å². The van der Waals surface area contributed by atoms with Gasteiger partial charge in [-0.25, -0.2) is 14.9 Å². The molecule has 9 nitrogen and oxygen atoms in total. The SMILES string of the molecule is COc1ccc([C@H]2[C@H]3C(=O)N(c4ccc([N+](=O)[O-])cc4)C(=O)[C@@H]3N3CCCN23)cc1. The molecule has 3 heterocycles. The number of anilines is 1. The van der Waals surface area contributed by atoms with Crippen LogP contribution >= 0.6 is 0 Å². The molecular weight excluding hydrogens is 388 g/mol. The summed E-state index contributed by atoms with van der Waals surface area (Å²) in [6, 6.07) is 12.4. The Labute approximate surface area is 172 Å². The van der Waals surface area contributed by atoms with Crippen molar-refractivity contribution in [2.24, 2.45) is 5.92 Å². The Balaban J connectivity index is 1.52. The number of hydrogen-bond donors (Lipinski definition) is 0. The molecule has 3 atom stereocenters. The third-order valence-corrected chi connectivity index (χ3v) is 6.18. The van der Waals surface area contributed by atoms with Crippen molar-refractivity contribution in [3.05, 3.63) is 64.2 Å². The van der Waals surface area contributed by atoms with Crippen LogP contribution < -0.4 is 9.64 Å². The van der Waals surface area contributed by atoms with Gasteiger partial charge in [-0.3, -0.25) is 19.7 Å². The van der Waals surface area contributed by atoms with Gasteiger partial charge in [0.15, 0.2) is 0 Å². The number of benzene rings is 2. The van der Waals surface area contributed by atoms with Gasteiger partial charge in [-0.1, -0.05) is 12.1 Å². The standard InChI is InChI=1S/C21H20N4O5/c1-30-16-9-3-13(4-10-16)18-17-19(23-12-2-11-22(18)23)21(27)24(20(17)26)14-5-7-15(8-6-14)25(28)29/h3-10,17-19H,2,11-12H2,1H3/t17-,18+,19-/m1/s1. The zero-order valence-electron chi connectivity index (χ0n) is 16.3. The third-order valence-electron chi connectivity index (χ3n) is 6.18. The number of carbonyl (C=O) groups is 2. The van der Waals surface area contributed by atoms with Gasteiger partial charge < -0.3 is 4.74 Å². The van der Waals surface area contributed by atoms with E-state index in [1.807, 2.05) is 29.3 Å². The summed E-state index contributed by atoms with van der Waals surface area (Å²) in [7, 11) is 1.60. The summed E-state index contributed by atoms with van der Waals surface area (Å²) >= 11 is 0. The maximum Gasteiger partial charge on any atom is 0.269 e. The Morgan fingerprint density at radius 2 is 1.57 bits per heavy atom. The van der Waals surface area contributed by atoms with Crippen molar-refractivity contribution in [1.82, 2.24) is 10.0 Å². The van der Waals surface area contributed by atoms with Crippen LogP contribution in [-0.4, -0.2) is 53.0 Å². The molecule has 0 bridgehead atoms. The average molecular weight is 408 g/mol. The van der Waals surface area contributed by atoms with Crippen LogP contribution in [0.5, 0.6) is 5.75 Å². The number of nitro benzene ring substituents is 1. The molecule has 3 saturated heterocycles. The van der Waals surface area contributed by atoms with Crippen LogP contribution in [0, 0.1) is 16.0 Å². The number of rotatable bonds is 4. The number of nitro groups is 1. The van der Waals surface area contributed by atoms with E-state index < -0.39 is 16.9 Å². The first-order valence-corrected chi connectivity index (χ1v) is 9.80. The fourth-order valence-corrected chi connectivity index (χ4v) is 4.89. The van der Waals surface area contributed by atoms with Gasteiger partial charge in [-0.15, -0.1) is 0 Å². The molecule has 3 aliphatic rings. The van der Waals surface area contributed by atoms with Crippen LogP contribution in [0.4, 0.5) is 11.4 Å². The highest BCUT2D eigenvalue weighted by Crippen LogP contribution is 2.49. The fourth-order valence-electron chi connectivity index (χ4n) is 4.89. The van der Waals surface area contributed by atoms with Gasteiger partial charge in [-0.05, 0) is 36.2 Å². The lowest BCUT2D eigenvalue weighted by Gasteiger charge is -2.29. The zero-order chi connectivity index (χ0) is 21.0. The summed E-state index contributed by atoms with van der Waals surface area (Å²) in [5.74, 6) is -0.342. The minimum absolute atomic E-state index is 0.0835. The number of nitrogens with zero attached hydrogens (tertiary/aromatic N) is 4. The Kier molecular flexibility index (Phi) is 4.30. The van der Waals surface area contributed by atoms with Gasteiger partial charge >= 0.3 is 0 Å². The van der Waals surface area contributed by atoms with Gasteiger partial charge in [0.2, 0.25) is 5.91 Å². The summed E-state index contributed by atoms with van der Waals surface area (Å²) in [5.41, 5.74) is 1.24. The van der Waals surface area contributed by atoms with Crippen LogP contribution in [0.2, 0.25) is 0 Å². The van der Waals surface area contributed by atoms with E-state index in [1.165, 1.54) is 29.2 Å². The van der Waals surface area contributed by atoms with Crippen molar-refractivity contribution in [1.29, 1.82) is 0 Å². The average Bonchev–Trinajstić information content (AvgIpc) is 3.40. The number of non-ortho nitro benzene ring substituents is 1. The van der Waals surface area contributed by atoms with Gasteiger partial charge in [0, 0.05) is 25.2 Å². The van der Waals surface area contributed by atoms with Gasteiger partial charge in [0.1, 0.15) is 11.8 Å². The molecule has 2 aromatic rings. The maximum absolute atomic E-state index is 13.4. The van der Waals surface area contributed by atoms with Crippen LogP contribution in [0.3, 0.4) is 0 Å². The summed E-state index contributed by atoms with van der Waals surface area (Å²) in [6.45, 7) is 1.52. The molecule has 0 aliphatic carbocycles. The number of hydrogen-bond acceptors (Lipinski definition) is 7. The van der Waals surface area contributed by atoms with Crippen molar-refractivity contribution in [2.75, 3.05) is 25.1 Å². The Morgan fingerprint density at radius 1 is 0.933 bits per heavy atom. The molecule has 0 saturated carbocycles. The largest absolute Gasteiger partial charge is 0.497 e. The first kappa shape index (κ1) is 18.7. The van der Waals surface area contributed by atoms with Crippen molar-refractivity contribution in [3.8, 4) is 5.75 Å². The van der Waals surface area contributed by atoms with Crippen LogP contribution in [0.1, 0.15) is 18.0 Å². The van der Waals surface area contributed by atoms with Gasteiger partial charge in [0.05, 0.1) is 29.7 Å². The summed E-state index contributed by atoms with van der Waals surface area (Å²) in [4.78, 5) is 38.4. The van der Waals surface area contributed by atoms with E-state index in [0.29, 0.717) is 5.69 Å². The number of carbonyl (C=O) groups excluding carboxylic acids is 2. The van der Waals surface area contributed by atoms with Gasteiger partial charge in [0.25, 0.3) is 11.6 Å². The second-order valence-corrected chi connectivity index (χ2v) is 7.65. The highest BCUT2D eigenvalue weighted by atomic mass is 16.6. The molecule has 2 aromatic carbocycles. The Bertz CT molecular complexity index is 1020. The first-order chi connectivity index (χ1) is 14.5. The summed E-state index contributed by atoms with van der Waals surface area (Å²) in [5, 5.41) is 15.1. The first-order valence-electron chi connectivity index (χ1n) is 9.80. The zero-order valence-corrected chi connectivity index (χ0v) is 16.3. The summed E-state index contributed by atoms with van der Waals surface area (Å²) in [6.07, 6.45) is 0.925. The quantitative estimate of drug-likeness (QED) is 0.434. The maximum atomic E-state index is 13.4. The molecule has 9 heteroatoms. The molecular formula is C21H20N4O5. The predicted molar refractivity (Wildman–Crippen MR) is 107 cm³/mol. The number of ether oxygens (including phenoxy) is 1. The Morgan fingerprint density at radius 3 is 2.17 bits per heavy atom. The highest BCUT2D eigenvalue weighted by Gasteiger charge is 2.62. The molecule has 0 radical (unpaired) electrons. The lowest BCUT2D eigenvalue weighted by Crippen LogP contribution is -2.44. The van der Waals surface area contributed by atoms with E-state index in [4.69, 9.17) is 4.74 Å². The minimum atomic E-state index is -0.553. The molecule has 0 N–H and O–H groups in total. The topological polar surface area (TPSA) is 96.2 Å². The second-order valence-electron chi connectivity index (χ2n) is 7.65. The lowest BCUT2D eigenvalue weighted by atomic mass is 9.90. The van der Waals surface area contributed by atoms with Crippen molar-refractivity contribution in [2.45, 2.75) is 18.5 Å². The number of imide groups is 1. The van der Waals surface area contributed by atoms with Crippen molar-refractivity contribution < 1.29 is 19.2 Å². The Hall–Kier alpha value is -3.30. The monoisotopic (exact) mass is 408 g/mol. The van der Waals surface area contributed by atoms with Gasteiger partial charge in [-0.2, -0.15) is 0 Å². The molecule has 3 aliphatic heterocycles. The second kappa shape index (κ2) is 6.89. The van der Waals surface area contributed by atoms with E-state index >= 15 is 0 Å². The van der Waals surface area contributed by atoms with E-state index in [-0.39, 0.29) is 23.5 Å². The minimum Gasteiger partial charge on any atom is -0.497 e. The fraction of sp³-hybridized carbons (Fsp3) is 0.333. The molecule has 30 heavy (non-hydrogen) atoms. The molecule has 2 amide bonds. The van der Waals surface area contributed by atoms with E-state index in [1.54, 1.807) is 7.11 Å². The highest BCUT2D eigenvalue weighted by molar-refractivity contribution is 6.24.